The molecule has 2 nitrogen and oxygen atoms in total. The van der Waals surface area contributed by atoms with Gasteiger partial charge >= 0.3 is 0 Å². The Kier molecular flexibility index (Phi) is 4.85. The van der Waals surface area contributed by atoms with E-state index in [4.69, 9.17) is 11.6 Å². The Balaban J connectivity index is 1.49. The maximum atomic E-state index is 5.85. The molecule has 2 aliphatic rings. The molecule has 2 saturated heterocycles. The number of anilines is 1. The molecule has 0 unspecified atom stereocenters. The fourth-order valence-corrected chi connectivity index (χ4v) is 3.68. The molecule has 1 aromatic carbocycles. The molecule has 110 valence electrons. The van der Waals surface area contributed by atoms with Crippen LogP contribution in [0.1, 0.15) is 31.2 Å². The minimum absolute atomic E-state index is 0.609. The molecule has 0 aliphatic carbocycles. The van der Waals surface area contributed by atoms with Crippen LogP contribution < -0.4 is 4.90 Å². The molecule has 0 bridgehead atoms. The molecule has 0 spiro atoms. The van der Waals surface area contributed by atoms with Gasteiger partial charge in [-0.15, -0.1) is 11.6 Å². The van der Waals surface area contributed by atoms with Crippen LogP contribution in [0.4, 0.5) is 5.69 Å². The van der Waals surface area contributed by atoms with E-state index in [1.807, 2.05) is 0 Å². The second-order valence-electron chi connectivity index (χ2n) is 6.24. The molecule has 3 heteroatoms. The quantitative estimate of drug-likeness (QED) is 0.780. The molecule has 0 saturated carbocycles. The lowest BCUT2D eigenvalue weighted by Crippen LogP contribution is -2.38. The van der Waals surface area contributed by atoms with Crippen LogP contribution in [0.15, 0.2) is 24.3 Å². The first-order chi connectivity index (χ1) is 9.85. The molecule has 0 aromatic heterocycles. The molecular weight excluding hydrogens is 268 g/mol. The standard InChI is InChI=1S/C17H25ClN2/c18-13-15-3-5-17(6-4-15)20-11-7-16(8-12-20)14-19-9-1-2-10-19/h3-6,16H,1-2,7-14H2. The predicted molar refractivity (Wildman–Crippen MR) is 86.6 cm³/mol. The number of nitrogens with zero attached hydrogens (tertiary/aromatic N) is 2. The van der Waals surface area contributed by atoms with Gasteiger partial charge in [0.25, 0.3) is 0 Å². The lowest BCUT2D eigenvalue weighted by atomic mass is 9.96. The van der Waals surface area contributed by atoms with Gasteiger partial charge in [0.05, 0.1) is 0 Å². The van der Waals surface area contributed by atoms with Crippen LogP contribution in [0.5, 0.6) is 0 Å². The van der Waals surface area contributed by atoms with Crippen molar-refractivity contribution in [3.8, 4) is 0 Å². The van der Waals surface area contributed by atoms with Gasteiger partial charge in [-0.2, -0.15) is 0 Å². The summed E-state index contributed by atoms with van der Waals surface area (Å²) in [5, 5.41) is 0. The SMILES string of the molecule is ClCc1ccc(N2CCC(CN3CCCC3)CC2)cc1. The van der Waals surface area contributed by atoms with E-state index in [0.717, 1.165) is 5.92 Å². The van der Waals surface area contributed by atoms with E-state index in [9.17, 15) is 0 Å². The van der Waals surface area contributed by atoms with Gasteiger partial charge in [-0.1, -0.05) is 12.1 Å². The van der Waals surface area contributed by atoms with Crippen LogP contribution >= 0.6 is 11.6 Å². The zero-order valence-electron chi connectivity index (χ0n) is 12.2. The summed E-state index contributed by atoms with van der Waals surface area (Å²) < 4.78 is 0. The van der Waals surface area contributed by atoms with E-state index in [-0.39, 0.29) is 0 Å². The van der Waals surface area contributed by atoms with E-state index in [2.05, 4.69) is 34.1 Å². The second-order valence-corrected chi connectivity index (χ2v) is 6.51. The fourth-order valence-electron chi connectivity index (χ4n) is 3.50. The van der Waals surface area contributed by atoms with Gasteiger partial charge in [-0.3, -0.25) is 0 Å². The number of rotatable bonds is 4. The van der Waals surface area contributed by atoms with Gasteiger partial charge in [0.15, 0.2) is 0 Å². The van der Waals surface area contributed by atoms with Crippen LogP contribution in [-0.2, 0) is 5.88 Å². The van der Waals surface area contributed by atoms with Crippen molar-refractivity contribution in [2.75, 3.05) is 37.6 Å². The van der Waals surface area contributed by atoms with Gasteiger partial charge < -0.3 is 9.80 Å². The minimum atomic E-state index is 0.609. The number of halogens is 1. The Morgan fingerprint density at radius 1 is 0.950 bits per heavy atom. The Labute approximate surface area is 127 Å². The number of piperidine rings is 1. The van der Waals surface area contributed by atoms with Crippen molar-refractivity contribution < 1.29 is 0 Å². The third-order valence-electron chi connectivity index (χ3n) is 4.79. The third kappa shape index (κ3) is 3.48. The highest BCUT2D eigenvalue weighted by Gasteiger charge is 2.22. The van der Waals surface area contributed by atoms with Crippen molar-refractivity contribution in [3.63, 3.8) is 0 Å². The molecule has 2 fully saturated rings. The van der Waals surface area contributed by atoms with Crippen LogP contribution in [-0.4, -0.2) is 37.6 Å². The van der Waals surface area contributed by atoms with E-state index in [0.29, 0.717) is 5.88 Å². The van der Waals surface area contributed by atoms with Crippen molar-refractivity contribution >= 4 is 17.3 Å². The van der Waals surface area contributed by atoms with E-state index >= 15 is 0 Å². The predicted octanol–water partition coefficient (Wildman–Crippen LogP) is 3.74. The normalized spacial score (nSPS) is 21.6. The van der Waals surface area contributed by atoms with Crippen molar-refractivity contribution in [1.82, 2.24) is 4.90 Å². The number of alkyl halides is 1. The summed E-state index contributed by atoms with van der Waals surface area (Å²) in [6.07, 6.45) is 5.50. The Hall–Kier alpha value is -0.730. The molecule has 1 aromatic rings. The summed E-state index contributed by atoms with van der Waals surface area (Å²) in [6, 6.07) is 8.74. The minimum Gasteiger partial charge on any atom is -0.372 e. The molecule has 0 N–H and O–H groups in total. The van der Waals surface area contributed by atoms with E-state index in [1.165, 1.54) is 69.7 Å². The third-order valence-corrected chi connectivity index (χ3v) is 5.09. The van der Waals surface area contributed by atoms with Gasteiger partial charge in [-0.05, 0) is 62.4 Å². The van der Waals surface area contributed by atoms with Crippen LogP contribution in [0, 0.1) is 5.92 Å². The molecule has 0 radical (unpaired) electrons. The first-order valence-corrected chi connectivity index (χ1v) is 8.51. The fraction of sp³-hybridized carbons (Fsp3) is 0.647. The zero-order valence-corrected chi connectivity index (χ0v) is 13.0. The molecule has 0 atom stereocenters. The summed E-state index contributed by atoms with van der Waals surface area (Å²) in [7, 11) is 0. The summed E-state index contributed by atoms with van der Waals surface area (Å²) in [4.78, 5) is 5.19. The summed E-state index contributed by atoms with van der Waals surface area (Å²) in [5.41, 5.74) is 2.57. The maximum absolute atomic E-state index is 5.85. The Morgan fingerprint density at radius 2 is 1.60 bits per heavy atom. The first-order valence-electron chi connectivity index (χ1n) is 7.97. The highest BCUT2D eigenvalue weighted by atomic mass is 35.5. The Bertz CT molecular complexity index is 404. The molecule has 3 rings (SSSR count). The maximum Gasteiger partial charge on any atom is 0.0474 e. The smallest absolute Gasteiger partial charge is 0.0474 e. The number of likely N-dealkylation sites (tertiary alicyclic amines) is 1. The van der Waals surface area contributed by atoms with Crippen molar-refractivity contribution in [2.24, 2.45) is 5.92 Å². The number of hydrogen-bond acceptors (Lipinski definition) is 2. The van der Waals surface area contributed by atoms with Crippen LogP contribution in [0.3, 0.4) is 0 Å². The molecule has 2 heterocycles. The van der Waals surface area contributed by atoms with Gasteiger partial charge in [0, 0.05) is 31.2 Å². The summed E-state index contributed by atoms with van der Waals surface area (Å²) in [6.45, 7) is 6.41. The van der Waals surface area contributed by atoms with Crippen molar-refractivity contribution in [1.29, 1.82) is 0 Å². The topological polar surface area (TPSA) is 6.48 Å². The first kappa shape index (κ1) is 14.2. The van der Waals surface area contributed by atoms with Gasteiger partial charge in [0.1, 0.15) is 0 Å². The lowest BCUT2D eigenvalue weighted by Gasteiger charge is -2.35. The zero-order chi connectivity index (χ0) is 13.8. The average molecular weight is 293 g/mol. The van der Waals surface area contributed by atoms with E-state index < -0.39 is 0 Å². The summed E-state index contributed by atoms with van der Waals surface area (Å²) in [5.74, 6) is 1.52. The molecule has 0 amide bonds. The van der Waals surface area contributed by atoms with Crippen LogP contribution in [0.25, 0.3) is 0 Å². The monoisotopic (exact) mass is 292 g/mol. The number of benzene rings is 1. The highest BCUT2D eigenvalue weighted by Crippen LogP contribution is 2.25. The Morgan fingerprint density at radius 3 is 2.20 bits per heavy atom. The van der Waals surface area contributed by atoms with Gasteiger partial charge in [0.2, 0.25) is 0 Å². The van der Waals surface area contributed by atoms with Crippen LogP contribution in [0.2, 0.25) is 0 Å². The molecular formula is C17H25ClN2. The average Bonchev–Trinajstić information content (AvgIpc) is 3.01. The molecule has 20 heavy (non-hydrogen) atoms. The van der Waals surface area contributed by atoms with Crippen molar-refractivity contribution in [2.45, 2.75) is 31.6 Å². The van der Waals surface area contributed by atoms with E-state index in [1.54, 1.807) is 0 Å². The highest BCUT2D eigenvalue weighted by molar-refractivity contribution is 6.17. The van der Waals surface area contributed by atoms with Crippen molar-refractivity contribution in [3.05, 3.63) is 29.8 Å². The lowest BCUT2D eigenvalue weighted by molar-refractivity contribution is 0.249. The molecule has 2 aliphatic heterocycles. The van der Waals surface area contributed by atoms with Gasteiger partial charge in [-0.25, -0.2) is 0 Å². The second kappa shape index (κ2) is 6.82. The summed E-state index contributed by atoms with van der Waals surface area (Å²) >= 11 is 5.85. The number of hydrogen-bond donors (Lipinski definition) is 0. The largest absolute Gasteiger partial charge is 0.372 e.